The molecule has 0 unspecified atom stereocenters. The van der Waals surface area contributed by atoms with Gasteiger partial charge in [0.2, 0.25) is 0 Å². The van der Waals surface area contributed by atoms with Crippen LogP contribution in [0.25, 0.3) is 0 Å². The van der Waals surface area contributed by atoms with E-state index in [0.29, 0.717) is 30.2 Å². The standard InChI is InChI=1S/C16H14F2N2O/c17-12-6-4-11(5-7-12)10-21-14-3-1-2-13(18)15(14)16-19-8-9-20-16/h1-7H,8-10H2,(H,19,20). The molecule has 2 aromatic carbocycles. The summed E-state index contributed by atoms with van der Waals surface area (Å²) >= 11 is 0. The zero-order valence-corrected chi connectivity index (χ0v) is 11.3. The lowest BCUT2D eigenvalue weighted by molar-refractivity contribution is 0.303. The summed E-state index contributed by atoms with van der Waals surface area (Å²) in [6.45, 7) is 1.56. The van der Waals surface area contributed by atoms with Crippen molar-refractivity contribution in [3.05, 3.63) is 65.2 Å². The Kier molecular flexibility index (Phi) is 3.81. The number of halogens is 2. The first-order valence-electron chi connectivity index (χ1n) is 6.68. The fourth-order valence-corrected chi connectivity index (χ4v) is 2.16. The minimum atomic E-state index is -0.375. The normalized spacial score (nSPS) is 13.7. The molecule has 108 valence electrons. The van der Waals surface area contributed by atoms with Crippen molar-refractivity contribution >= 4 is 5.84 Å². The number of nitrogens with one attached hydrogen (secondary N) is 1. The summed E-state index contributed by atoms with van der Waals surface area (Å²) < 4.78 is 32.6. The molecule has 0 spiro atoms. The fraction of sp³-hybridized carbons (Fsp3) is 0.188. The van der Waals surface area contributed by atoms with Crippen LogP contribution in [0.2, 0.25) is 0 Å². The molecule has 21 heavy (non-hydrogen) atoms. The Balaban J connectivity index is 1.82. The van der Waals surface area contributed by atoms with Crippen molar-refractivity contribution in [3.8, 4) is 5.75 Å². The van der Waals surface area contributed by atoms with Gasteiger partial charge in [0.1, 0.15) is 29.8 Å². The second-order valence-corrected chi connectivity index (χ2v) is 4.69. The first-order chi connectivity index (χ1) is 10.2. The van der Waals surface area contributed by atoms with Gasteiger partial charge < -0.3 is 10.1 Å². The van der Waals surface area contributed by atoms with Gasteiger partial charge in [-0.2, -0.15) is 0 Å². The second kappa shape index (κ2) is 5.91. The molecule has 0 aliphatic carbocycles. The molecule has 1 aliphatic rings. The Bertz CT molecular complexity index is 668. The molecule has 0 aromatic heterocycles. The number of ether oxygens (including phenoxy) is 1. The van der Waals surface area contributed by atoms with E-state index in [-0.39, 0.29) is 18.2 Å². The Morgan fingerprint density at radius 2 is 1.90 bits per heavy atom. The quantitative estimate of drug-likeness (QED) is 0.938. The number of hydrogen-bond acceptors (Lipinski definition) is 3. The number of nitrogens with zero attached hydrogens (tertiary/aromatic N) is 1. The van der Waals surface area contributed by atoms with Crippen LogP contribution in [-0.2, 0) is 6.61 Å². The van der Waals surface area contributed by atoms with Gasteiger partial charge in [-0.05, 0) is 29.8 Å². The topological polar surface area (TPSA) is 33.6 Å². The number of benzene rings is 2. The molecule has 0 amide bonds. The molecule has 3 nitrogen and oxygen atoms in total. The predicted molar refractivity (Wildman–Crippen MR) is 76.5 cm³/mol. The lowest BCUT2D eigenvalue weighted by Crippen LogP contribution is -2.21. The third kappa shape index (κ3) is 3.02. The average Bonchev–Trinajstić information content (AvgIpc) is 3.00. The van der Waals surface area contributed by atoms with E-state index in [9.17, 15) is 8.78 Å². The van der Waals surface area contributed by atoms with Crippen LogP contribution in [0.15, 0.2) is 47.5 Å². The van der Waals surface area contributed by atoms with E-state index in [1.165, 1.54) is 18.2 Å². The summed E-state index contributed by atoms with van der Waals surface area (Å²) in [5.41, 5.74) is 1.16. The number of amidine groups is 1. The third-order valence-corrected chi connectivity index (χ3v) is 3.19. The maximum Gasteiger partial charge on any atom is 0.137 e. The van der Waals surface area contributed by atoms with Crippen molar-refractivity contribution in [1.82, 2.24) is 5.32 Å². The SMILES string of the molecule is Fc1ccc(COc2cccc(F)c2C2=NCCN2)cc1. The van der Waals surface area contributed by atoms with Crippen molar-refractivity contribution in [2.75, 3.05) is 13.1 Å². The van der Waals surface area contributed by atoms with E-state index in [4.69, 9.17) is 4.74 Å². The Hall–Kier alpha value is -2.43. The monoisotopic (exact) mass is 288 g/mol. The molecule has 0 saturated heterocycles. The van der Waals surface area contributed by atoms with Crippen LogP contribution >= 0.6 is 0 Å². The van der Waals surface area contributed by atoms with E-state index < -0.39 is 0 Å². The minimum absolute atomic E-state index is 0.240. The summed E-state index contributed by atoms with van der Waals surface area (Å²) in [6.07, 6.45) is 0. The smallest absolute Gasteiger partial charge is 0.137 e. The van der Waals surface area contributed by atoms with Crippen LogP contribution in [0, 0.1) is 11.6 Å². The van der Waals surface area contributed by atoms with Crippen LogP contribution < -0.4 is 10.1 Å². The zero-order valence-electron chi connectivity index (χ0n) is 11.3. The first-order valence-corrected chi connectivity index (χ1v) is 6.68. The second-order valence-electron chi connectivity index (χ2n) is 4.69. The highest BCUT2D eigenvalue weighted by Gasteiger charge is 2.18. The van der Waals surface area contributed by atoms with E-state index in [1.807, 2.05) is 0 Å². The van der Waals surface area contributed by atoms with Crippen molar-refractivity contribution in [3.63, 3.8) is 0 Å². The molecule has 0 fully saturated rings. The van der Waals surface area contributed by atoms with Crippen LogP contribution in [0.1, 0.15) is 11.1 Å². The summed E-state index contributed by atoms with van der Waals surface area (Å²) in [6, 6.07) is 10.7. The number of aliphatic imine (C=N–C) groups is 1. The van der Waals surface area contributed by atoms with Gasteiger partial charge in [-0.25, -0.2) is 8.78 Å². The van der Waals surface area contributed by atoms with Crippen LogP contribution in [-0.4, -0.2) is 18.9 Å². The molecule has 0 atom stereocenters. The van der Waals surface area contributed by atoms with Gasteiger partial charge in [0.05, 0.1) is 12.1 Å². The lowest BCUT2D eigenvalue weighted by atomic mass is 10.1. The molecule has 0 radical (unpaired) electrons. The number of rotatable bonds is 4. The van der Waals surface area contributed by atoms with Crippen molar-refractivity contribution < 1.29 is 13.5 Å². The molecule has 1 heterocycles. The van der Waals surface area contributed by atoms with Gasteiger partial charge in [-0.3, -0.25) is 4.99 Å². The average molecular weight is 288 g/mol. The van der Waals surface area contributed by atoms with Gasteiger partial charge >= 0.3 is 0 Å². The molecule has 0 saturated carbocycles. The molecular formula is C16H14F2N2O. The fourth-order valence-electron chi connectivity index (χ4n) is 2.16. The molecule has 3 rings (SSSR count). The summed E-state index contributed by atoms with van der Waals surface area (Å²) in [4.78, 5) is 4.23. The summed E-state index contributed by atoms with van der Waals surface area (Å²) in [5.74, 6) is 0.268. The molecule has 1 N–H and O–H groups in total. The molecular weight excluding hydrogens is 274 g/mol. The van der Waals surface area contributed by atoms with Crippen LogP contribution in [0.5, 0.6) is 5.75 Å². The largest absolute Gasteiger partial charge is 0.488 e. The van der Waals surface area contributed by atoms with Crippen LogP contribution in [0.3, 0.4) is 0 Å². The van der Waals surface area contributed by atoms with Crippen molar-refractivity contribution in [1.29, 1.82) is 0 Å². The Morgan fingerprint density at radius 3 is 2.62 bits per heavy atom. The highest BCUT2D eigenvalue weighted by molar-refractivity contribution is 6.02. The maximum absolute atomic E-state index is 14.0. The lowest BCUT2D eigenvalue weighted by Gasteiger charge is -2.12. The summed E-state index contributed by atoms with van der Waals surface area (Å²) in [7, 11) is 0. The zero-order chi connectivity index (χ0) is 14.7. The van der Waals surface area contributed by atoms with Gasteiger partial charge in [-0.1, -0.05) is 18.2 Å². The van der Waals surface area contributed by atoms with Gasteiger partial charge in [0, 0.05) is 6.54 Å². The van der Waals surface area contributed by atoms with Crippen molar-refractivity contribution in [2.45, 2.75) is 6.61 Å². The first kappa shape index (κ1) is 13.5. The third-order valence-electron chi connectivity index (χ3n) is 3.19. The number of hydrogen-bond donors (Lipinski definition) is 1. The maximum atomic E-state index is 14.0. The van der Waals surface area contributed by atoms with Gasteiger partial charge in [0.15, 0.2) is 0 Å². The highest BCUT2D eigenvalue weighted by Crippen LogP contribution is 2.23. The Labute approximate surface area is 121 Å². The molecule has 2 aromatic rings. The molecule has 0 bridgehead atoms. The van der Waals surface area contributed by atoms with Gasteiger partial charge in [0.25, 0.3) is 0 Å². The van der Waals surface area contributed by atoms with E-state index in [1.54, 1.807) is 24.3 Å². The van der Waals surface area contributed by atoms with E-state index >= 15 is 0 Å². The summed E-state index contributed by atoms with van der Waals surface area (Å²) in [5, 5.41) is 3.04. The predicted octanol–water partition coefficient (Wildman–Crippen LogP) is 2.89. The van der Waals surface area contributed by atoms with Crippen LogP contribution in [0.4, 0.5) is 8.78 Å². The van der Waals surface area contributed by atoms with E-state index in [2.05, 4.69) is 10.3 Å². The highest BCUT2D eigenvalue weighted by atomic mass is 19.1. The molecule has 5 heteroatoms. The van der Waals surface area contributed by atoms with E-state index in [0.717, 1.165) is 5.56 Å². The van der Waals surface area contributed by atoms with Crippen molar-refractivity contribution in [2.24, 2.45) is 4.99 Å². The van der Waals surface area contributed by atoms with Gasteiger partial charge in [-0.15, -0.1) is 0 Å². The minimum Gasteiger partial charge on any atom is -0.488 e. The molecule has 1 aliphatic heterocycles. The Morgan fingerprint density at radius 1 is 1.10 bits per heavy atom.